The van der Waals surface area contributed by atoms with Gasteiger partial charge in [0.15, 0.2) is 0 Å². The fourth-order valence-corrected chi connectivity index (χ4v) is 2.91. The maximum atomic E-state index is 11.0. The Morgan fingerprint density at radius 1 is 1.14 bits per heavy atom. The van der Waals surface area contributed by atoms with E-state index in [-0.39, 0.29) is 5.91 Å². The molecule has 0 radical (unpaired) electrons. The summed E-state index contributed by atoms with van der Waals surface area (Å²) in [6.45, 7) is 2.89. The monoisotopic (exact) mass is 290 g/mol. The second-order valence-corrected chi connectivity index (χ2v) is 6.12. The van der Waals surface area contributed by atoms with Crippen LogP contribution in [0.3, 0.4) is 0 Å². The van der Waals surface area contributed by atoms with Crippen molar-refractivity contribution in [1.82, 2.24) is 5.32 Å². The van der Waals surface area contributed by atoms with Gasteiger partial charge in [0.2, 0.25) is 5.91 Å². The molecule has 1 saturated carbocycles. The van der Waals surface area contributed by atoms with Gasteiger partial charge in [-0.1, -0.05) is 37.8 Å². The zero-order valence-corrected chi connectivity index (χ0v) is 12.8. The average molecular weight is 290 g/mol. The highest BCUT2D eigenvalue weighted by molar-refractivity contribution is 5.88. The van der Waals surface area contributed by atoms with Gasteiger partial charge in [0.25, 0.3) is 0 Å². The van der Waals surface area contributed by atoms with Gasteiger partial charge in [-0.3, -0.25) is 4.79 Å². The molecule has 2 rings (SSSR count). The number of anilines is 1. The highest BCUT2D eigenvalue weighted by atomic mass is 16.3. The molecule has 0 bridgehead atoms. The molecule has 116 valence electrons. The van der Waals surface area contributed by atoms with Crippen LogP contribution in [0.1, 0.15) is 51.0 Å². The first kappa shape index (κ1) is 16.0. The molecule has 0 aromatic heterocycles. The molecule has 4 nitrogen and oxygen atoms in total. The van der Waals surface area contributed by atoms with Crippen LogP contribution in [-0.2, 0) is 11.3 Å². The van der Waals surface area contributed by atoms with Crippen LogP contribution < -0.4 is 10.6 Å². The highest BCUT2D eigenvalue weighted by Crippen LogP contribution is 2.26. The van der Waals surface area contributed by atoms with Crippen molar-refractivity contribution in [3.8, 4) is 0 Å². The van der Waals surface area contributed by atoms with Gasteiger partial charge in [0.1, 0.15) is 0 Å². The Balaban J connectivity index is 1.78. The summed E-state index contributed by atoms with van der Waals surface area (Å²) >= 11 is 0. The number of carbonyl (C=O) groups is 1. The minimum Gasteiger partial charge on any atom is -0.389 e. The normalized spacial score (nSPS) is 18.0. The lowest BCUT2D eigenvalue weighted by Crippen LogP contribution is -2.39. The van der Waals surface area contributed by atoms with E-state index in [0.29, 0.717) is 6.54 Å². The molecule has 3 N–H and O–H groups in total. The Kier molecular flexibility index (Phi) is 5.76. The molecule has 1 aliphatic carbocycles. The summed E-state index contributed by atoms with van der Waals surface area (Å²) in [5, 5.41) is 16.7. The summed E-state index contributed by atoms with van der Waals surface area (Å²) in [4.78, 5) is 11.0. The van der Waals surface area contributed by atoms with Crippen LogP contribution in [0.5, 0.6) is 0 Å². The molecular formula is C17H26N2O2. The van der Waals surface area contributed by atoms with Crippen LogP contribution in [-0.4, -0.2) is 23.2 Å². The van der Waals surface area contributed by atoms with E-state index in [1.807, 2.05) is 24.3 Å². The SMILES string of the molecule is CC(=O)Nc1ccc(CNCC2(O)CCCCCC2)cc1. The Hall–Kier alpha value is -1.39. The number of hydrogen-bond acceptors (Lipinski definition) is 3. The Morgan fingerprint density at radius 2 is 1.76 bits per heavy atom. The minimum absolute atomic E-state index is 0.0588. The Bertz CT molecular complexity index is 448. The van der Waals surface area contributed by atoms with Crippen molar-refractivity contribution in [1.29, 1.82) is 0 Å². The maximum absolute atomic E-state index is 11.0. The van der Waals surface area contributed by atoms with Crippen LogP contribution in [0.25, 0.3) is 0 Å². The molecule has 0 saturated heterocycles. The number of hydrogen-bond donors (Lipinski definition) is 3. The quantitative estimate of drug-likeness (QED) is 0.731. The molecule has 0 aliphatic heterocycles. The van der Waals surface area contributed by atoms with E-state index in [9.17, 15) is 9.90 Å². The van der Waals surface area contributed by atoms with Gasteiger partial charge >= 0.3 is 0 Å². The van der Waals surface area contributed by atoms with E-state index in [4.69, 9.17) is 0 Å². The topological polar surface area (TPSA) is 61.4 Å². The zero-order chi connectivity index (χ0) is 15.1. The number of aliphatic hydroxyl groups is 1. The van der Waals surface area contributed by atoms with Gasteiger partial charge in [0.05, 0.1) is 5.60 Å². The van der Waals surface area contributed by atoms with E-state index >= 15 is 0 Å². The molecule has 1 aliphatic rings. The molecule has 1 aromatic rings. The largest absolute Gasteiger partial charge is 0.389 e. The van der Waals surface area contributed by atoms with Crippen LogP contribution in [0.2, 0.25) is 0 Å². The van der Waals surface area contributed by atoms with Gasteiger partial charge in [-0.25, -0.2) is 0 Å². The van der Waals surface area contributed by atoms with Crippen molar-refractivity contribution in [2.24, 2.45) is 0 Å². The Morgan fingerprint density at radius 3 is 2.33 bits per heavy atom. The first-order valence-corrected chi connectivity index (χ1v) is 7.87. The average Bonchev–Trinajstić information content (AvgIpc) is 2.65. The second kappa shape index (κ2) is 7.57. The van der Waals surface area contributed by atoms with E-state index in [1.165, 1.54) is 19.8 Å². The zero-order valence-electron chi connectivity index (χ0n) is 12.8. The molecule has 0 spiro atoms. The molecule has 0 unspecified atom stereocenters. The second-order valence-electron chi connectivity index (χ2n) is 6.12. The third kappa shape index (κ3) is 5.48. The predicted molar refractivity (Wildman–Crippen MR) is 85.1 cm³/mol. The Labute approximate surface area is 126 Å². The van der Waals surface area contributed by atoms with Crippen molar-refractivity contribution in [3.63, 3.8) is 0 Å². The fraction of sp³-hybridized carbons (Fsp3) is 0.588. The van der Waals surface area contributed by atoms with Crippen molar-refractivity contribution in [2.45, 2.75) is 57.6 Å². The molecule has 1 aromatic carbocycles. The van der Waals surface area contributed by atoms with Gasteiger partial charge in [-0.05, 0) is 30.5 Å². The van der Waals surface area contributed by atoms with E-state index < -0.39 is 5.60 Å². The molecule has 4 heteroatoms. The standard InChI is InChI=1S/C17H26N2O2/c1-14(20)19-16-8-6-15(7-9-16)12-18-13-17(21)10-4-2-3-5-11-17/h6-9,18,21H,2-5,10-13H2,1H3,(H,19,20). The number of nitrogens with one attached hydrogen (secondary N) is 2. The third-order valence-electron chi connectivity index (χ3n) is 4.09. The van der Waals surface area contributed by atoms with E-state index in [0.717, 1.165) is 43.5 Å². The lowest BCUT2D eigenvalue weighted by Gasteiger charge is -2.27. The molecule has 1 amide bonds. The van der Waals surface area contributed by atoms with E-state index in [2.05, 4.69) is 10.6 Å². The first-order chi connectivity index (χ1) is 10.1. The van der Waals surface area contributed by atoms with Gasteiger partial charge in [-0.2, -0.15) is 0 Å². The lowest BCUT2D eigenvalue weighted by atomic mass is 9.94. The minimum atomic E-state index is -0.535. The fourth-order valence-electron chi connectivity index (χ4n) is 2.91. The van der Waals surface area contributed by atoms with E-state index in [1.54, 1.807) is 0 Å². The van der Waals surface area contributed by atoms with Crippen molar-refractivity contribution in [3.05, 3.63) is 29.8 Å². The van der Waals surface area contributed by atoms with Crippen molar-refractivity contribution in [2.75, 3.05) is 11.9 Å². The lowest BCUT2D eigenvalue weighted by molar-refractivity contribution is -0.114. The molecule has 1 fully saturated rings. The summed E-state index contributed by atoms with van der Waals surface area (Å²) in [6.07, 6.45) is 6.55. The van der Waals surface area contributed by atoms with Crippen molar-refractivity contribution < 1.29 is 9.90 Å². The summed E-state index contributed by atoms with van der Waals surface area (Å²) in [6, 6.07) is 7.79. The number of carbonyl (C=O) groups excluding carboxylic acids is 1. The first-order valence-electron chi connectivity index (χ1n) is 7.87. The molecule has 0 atom stereocenters. The maximum Gasteiger partial charge on any atom is 0.221 e. The van der Waals surface area contributed by atoms with Crippen LogP contribution in [0, 0.1) is 0 Å². The van der Waals surface area contributed by atoms with Crippen LogP contribution >= 0.6 is 0 Å². The van der Waals surface area contributed by atoms with Crippen LogP contribution in [0.4, 0.5) is 5.69 Å². The summed E-state index contributed by atoms with van der Waals surface area (Å²) in [5.41, 5.74) is 1.43. The summed E-state index contributed by atoms with van der Waals surface area (Å²) in [7, 11) is 0. The van der Waals surface area contributed by atoms with Gasteiger partial charge < -0.3 is 15.7 Å². The smallest absolute Gasteiger partial charge is 0.221 e. The molecular weight excluding hydrogens is 264 g/mol. The number of rotatable bonds is 5. The predicted octanol–water partition coefficient (Wildman–Crippen LogP) is 2.82. The van der Waals surface area contributed by atoms with Gasteiger partial charge in [0, 0.05) is 25.7 Å². The molecule has 21 heavy (non-hydrogen) atoms. The van der Waals surface area contributed by atoms with Gasteiger partial charge in [-0.15, -0.1) is 0 Å². The number of benzene rings is 1. The van der Waals surface area contributed by atoms with Crippen LogP contribution in [0.15, 0.2) is 24.3 Å². The third-order valence-corrected chi connectivity index (χ3v) is 4.09. The number of amides is 1. The highest BCUT2D eigenvalue weighted by Gasteiger charge is 2.27. The summed E-state index contributed by atoms with van der Waals surface area (Å²) in [5.74, 6) is -0.0588. The molecule has 0 heterocycles. The summed E-state index contributed by atoms with van der Waals surface area (Å²) < 4.78 is 0. The van der Waals surface area contributed by atoms with Crippen molar-refractivity contribution >= 4 is 11.6 Å².